The van der Waals surface area contributed by atoms with E-state index in [4.69, 9.17) is 0 Å². The van der Waals surface area contributed by atoms with E-state index in [0.29, 0.717) is 18.5 Å². The van der Waals surface area contributed by atoms with E-state index in [2.05, 4.69) is 15.4 Å². The topological polar surface area (TPSA) is 63.0 Å². The predicted molar refractivity (Wildman–Crippen MR) is 63.5 cm³/mol. The van der Waals surface area contributed by atoms with Gasteiger partial charge in [0.15, 0.2) is 0 Å². The first-order valence-corrected chi connectivity index (χ1v) is 6.54. The zero-order valence-corrected chi connectivity index (χ0v) is 10.3. The summed E-state index contributed by atoms with van der Waals surface area (Å²) in [4.78, 5) is 4.27. The minimum absolute atomic E-state index is 0.497. The van der Waals surface area contributed by atoms with Gasteiger partial charge in [-0.1, -0.05) is 0 Å². The van der Waals surface area contributed by atoms with Crippen LogP contribution in [0.1, 0.15) is 38.4 Å². The molecule has 0 spiro atoms. The molecule has 3 rings (SSSR count). The molecule has 2 aliphatic rings. The zero-order chi connectivity index (χ0) is 11.9. The highest BCUT2D eigenvalue weighted by Gasteiger charge is 2.43. The molecular weight excluding hydrogens is 216 g/mol. The maximum atomic E-state index is 10.7. The third-order valence-corrected chi connectivity index (χ3v) is 4.07. The molecule has 1 aromatic heterocycles. The number of piperidine rings is 1. The molecule has 0 saturated carbocycles. The number of aromatic nitrogens is 3. The van der Waals surface area contributed by atoms with Crippen molar-refractivity contribution in [2.45, 2.75) is 63.3 Å². The van der Waals surface area contributed by atoms with Crippen LogP contribution in [0.5, 0.6) is 0 Å². The van der Waals surface area contributed by atoms with Crippen molar-refractivity contribution in [3.8, 4) is 0 Å². The van der Waals surface area contributed by atoms with Crippen LogP contribution < -0.4 is 5.32 Å². The molecule has 5 heteroatoms. The molecule has 2 N–H and O–H groups in total. The van der Waals surface area contributed by atoms with Crippen molar-refractivity contribution in [1.82, 2.24) is 20.1 Å². The number of nitrogens with zero attached hydrogens (tertiary/aromatic N) is 3. The van der Waals surface area contributed by atoms with Crippen molar-refractivity contribution in [3.05, 3.63) is 12.2 Å². The Hall–Kier alpha value is -0.940. The minimum atomic E-state index is -0.586. The molecule has 0 aromatic carbocycles. The third kappa shape index (κ3) is 2.09. The first kappa shape index (κ1) is 11.2. The van der Waals surface area contributed by atoms with Crippen molar-refractivity contribution in [2.24, 2.45) is 0 Å². The Labute approximate surface area is 101 Å². The van der Waals surface area contributed by atoms with Gasteiger partial charge in [0.05, 0.1) is 5.60 Å². The number of rotatable bonds is 3. The van der Waals surface area contributed by atoms with Crippen LogP contribution in [-0.4, -0.2) is 37.6 Å². The largest absolute Gasteiger partial charge is 0.389 e. The molecule has 3 heterocycles. The average molecular weight is 236 g/mol. The standard InChI is InChI=1S/C12H20N4O/c1-2-16-11(13-8-14-16)7-12(17)5-9-3-4-10(6-12)15-9/h8-10,15,17H,2-7H2,1H3. The SMILES string of the molecule is CCn1ncnc1CC1(O)CC2CCC(C1)N2. The van der Waals surface area contributed by atoms with Gasteiger partial charge in [-0.25, -0.2) is 4.98 Å². The maximum Gasteiger partial charge on any atom is 0.138 e. The van der Waals surface area contributed by atoms with E-state index in [0.717, 1.165) is 25.2 Å². The van der Waals surface area contributed by atoms with Crippen LogP contribution >= 0.6 is 0 Å². The Morgan fingerprint density at radius 2 is 2.18 bits per heavy atom. The molecule has 0 radical (unpaired) electrons. The van der Waals surface area contributed by atoms with Gasteiger partial charge in [-0.3, -0.25) is 4.68 Å². The van der Waals surface area contributed by atoms with Gasteiger partial charge in [0, 0.05) is 25.0 Å². The van der Waals surface area contributed by atoms with Crippen molar-refractivity contribution < 1.29 is 5.11 Å². The normalized spacial score (nSPS) is 36.4. The van der Waals surface area contributed by atoms with Crippen LogP contribution in [0.25, 0.3) is 0 Å². The van der Waals surface area contributed by atoms with Crippen molar-refractivity contribution in [3.63, 3.8) is 0 Å². The van der Waals surface area contributed by atoms with Gasteiger partial charge in [0.2, 0.25) is 0 Å². The number of aryl methyl sites for hydroxylation is 1. The van der Waals surface area contributed by atoms with E-state index in [1.54, 1.807) is 6.33 Å². The summed E-state index contributed by atoms with van der Waals surface area (Å²) < 4.78 is 1.88. The first-order chi connectivity index (χ1) is 8.18. The molecule has 2 aliphatic heterocycles. The molecule has 94 valence electrons. The van der Waals surface area contributed by atoms with Gasteiger partial charge in [0.25, 0.3) is 0 Å². The molecule has 1 aromatic rings. The van der Waals surface area contributed by atoms with Gasteiger partial charge in [-0.15, -0.1) is 0 Å². The second kappa shape index (κ2) is 4.07. The Morgan fingerprint density at radius 3 is 2.82 bits per heavy atom. The van der Waals surface area contributed by atoms with Gasteiger partial charge in [-0.2, -0.15) is 5.10 Å². The quantitative estimate of drug-likeness (QED) is 0.801. The summed E-state index contributed by atoms with van der Waals surface area (Å²) in [6.45, 7) is 2.87. The molecule has 17 heavy (non-hydrogen) atoms. The van der Waals surface area contributed by atoms with Crippen LogP contribution in [0.2, 0.25) is 0 Å². The predicted octanol–water partition coefficient (Wildman–Crippen LogP) is 0.486. The number of hydrogen-bond donors (Lipinski definition) is 2. The van der Waals surface area contributed by atoms with Gasteiger partial charge >= 0.3 is 0 Å². The van der Waals surface area contributed by atoms with E-state index in [9.17, 15) is 5.11 Å². The maximum absolute atomic E-state index is 10.7. The smallest absolute Gasteiger partial charge is 0.138 e. The van der Waals surface area contributed by atoms with Crippen molar-refractivity contribution in [1.29, 1.82) is 0 Å². The summed E-state index contributed by atoms with van der Waals surface area (Å²) in [5.41, 5.74) is -0.586. The Kier molecular flexibility index (Phi) is 2.67. The highest BCUT2D eigenvalue weighted by atomic mass is 16.3. The molecule has 2 bridgehead atoms. The molecule has 2 saturated heterocycles. The molecule has 2 unspecified atom stereocenters. The van der Waals surface area contributed by atoms with E-state index in [-0.39, 0.29) is 0 Å². The minimum Gasteiger partial charge on any atom is -0.389 e. The lowest BCUT2D eigenvalue weighted by atomic mass is 9.84. The second-order valence-corrected chi connectivity index (χ2v) is 5.44. The Morgan fingerprint density at radius 1 is 1.47 bits per heavy atom. The van der Waals surface area contributed by atoms with E-state index in [1.165, 1.54) is 12.8 Å². The van der Waals surface area contributed by atoms with Crippen LogP contribution in [0.3, 0.4) is 0 Å². The van der Waals surface area contributed by atoms with E-state index >= 15 is 0 Å². The summed E-state index contributed by atoms with van der Waals surface area (Å²) in [5, 5.41) is 18.4. The lowest BCUT2D eigenvalue weighted by Crippen LogP contribution is -2.49. The fourth-order valence-corrected chi connectivity index (χ4v) is 3.35. The highest BCUT2D eigenvalue weighted by molar-refractivity contribution is 5.04. The van der Waals surface area contributed by atoms with Crippen LogP contribution in [-0.2, 0) is 13.0 Å². The summed E-state index contributed by atoms with van der Waals surface area (Å²) in [6.07, 6.45) is 6.31. The summed E-state index contributed by atoms with van der Waals surface area (Å²) in [7, 11) is 0. The van der Waals surface area contributed by atoms with Gasteiger partial charge < -0.3 is 10.4 Å². The zero-order valence-electron chi connectivity index (χ0n) is 10.3. The number of hydrogen-bond acceptors (Lipinski definition) is 4. The lowest BCUT2D eigenvalue weighted by molar-refractivity contribution is -0.00849. The fourth-order valence-electron chi connectivity index (χ4n) is 3.35. The summed E-state index contributed by atoms with van der Waals surface area (Å²) >= 11 is 0. The number of fused-ring (bicyclic) bond motifs is 2. The first-order valence-electron chi connectivity index (χ1n) is 6.54. The molecule has 0 aliphatic carbocycles. The van der Waals surface area contributed by atoms with Crippen LogP contribution in [0, 0.1) is 0 Å². The van der Waals surface area contributed by atoms with Crippen LogP contribution in [0.15, 0.2) is 6.33 Å². The van der Waals surface area contributed by atoms with Crippen molar-refractivity contribution in [2.75, 3.05) is 0 Å². The lowest BCUT2D eigenvalue weighted by Gasteiger charge is -2.36. The third-order valence-electron chi connectivity index (χ3n) is 4.07. The summed E-state index contributed by atoms with van der Waals surface area (Å²) in [6, 6.07) is 0.994. The number of nitrogens with one attached hydrogen (secondary N) is 1. The summed E-state index contributed by atoms with van der Waals surface area (Å²) in [5.74, 6) is 0.913. The van der Waals surface area contributed by atoms with Gasteiger partial charge in [-0.05, 0) is 32.6 Å². The second-order valence-electron chi connectivity index (χ2n) is 5.44. The van der Waals surface area contributed by atoms with Gasteiger partial charge in [0.1, 0.15) is 12.2 Å². The Balaban J connectivity index is 1.76. The highest BCUT2D eigenvalue weighted by Crippen LogP contribution is 2.35. The van der Waals surface area contributed by atoms with Crippen LogP contribution in [0.4, 0.5) is 0 Å². The number of aliphatic hydroxyl groups is 1. The molecule has 2 fully saturated rings. The monoisotopic (exact) mass is 236 g/mol. The van der Waals surface area contributed by atoms with Crippen molar-refractivity contribution >= 4 is 0 Å². The van der Waals surface area contributed by atoms with E-state index < -0.39 is 5.60 Å². The Bertz CT molecular complexity index is 391. The molecule has 0 amide bonds. The molecule has 5 nitrogen and oxygen atoms in total. The molecule has 2 atom stereocenters. The fraction of sp³-hybridized carbons (Fsp3) is 0.833. The van der Waals surface area contributed by atoms with E-state index in [1.807, 2.05) is 11.6 Å². The molecular formula is C12H20N4O. The average Bonchev–Trinajstić information content (AvgIpc) is 2.85.